The minimum Gasteiger partial charge on any atom is -0.369 e. The van der Waals surface area contributed by atoms with E-state index < -0.39 is 0 Å². The number of morpholine rings is 1. The average molecular weight is 383 g/mol. The number of halogens is 1. The quantitative estimate of drug-likeness (QED) is 0.683. The molecule has 1 aromatic carbocycles. The van der Waals surface area contributed by atoms with Crippen molar-refractivity contribution in [1.82, 2.24) is 19.7 Å². The van der Waals surface area contributed by atoms with Crippen molar-refractivity contribution in [3.63, 3.8) is 0 Å². The van der Waals surface area contributed by atoms with Crippen molar-refractivity contribution in [2.24, 2.45) is 7.05 Å². The molecule has 0 unspecified atom stereocenters. The zero-order valence-electron chi connectivity index (χ0n) is 15.6. The Bertz CT molecular complexity index is 922. The van der Waals surface area contributed by atoms with Gasteiger partial charge in [0.25, 0.3) is 0 Å². The van der Waals surface area contributed by atoms with Gasteiger partial charge >= 0.3 is 0 Å². The highest BCUT2D eigenvalue weighted by Crippen LogP contribution is 2.26. The Morgan fingerprint density at radius 3 is 2.78 bits per heavy atom. The molecule has 1 aliphatic heterocycles. The van der Waals surface area contributed by atoms with Gasteiger partial charge in [-0.25, -0.2) is 0 Å². The number of aromatic nitrogens is 3. The van der Waals surface area contributed by atoms with Gasteiger partial charge in [0.05, 0.1) is 18.5 Å². The minimum absolute atomic E-state index is 0.0101. The van der Waals surface area contributed by atoms with Crippen molar-refractivity contribution in [3.05, 3.63) is 70.8 Å². The first-order valence-electron chi connectivity index (χ1n) is 9.13. The average Bonchev–Trinajstić information content (AvgIpc) is 3.00. The molecule has 0 N–H and O–H groups in total. The van der Waals surface area contributed by atoms with Crippen molar-refractivity contribution in [1.29, 1.82) is 0 Å². The van der Waals surface area contributed by atoms with E-state index in [2.05, 4.69) is 34.0 Å². The molecule has 5 nitrogen and oxygen atoms in total. The number of nitrogens with zero attached hydrogens (tertiary/aromatic N) is 4. The van der Waals surface area contributed by atoms with Crippen LogP contribution in [0.5, 0.6) is 0 Å². The number of pyridine rings is 1. The molecule has 0 radical (unpaired) electrons. The predicted molar refractivity (Wildman–Crippen MR) is 107 cm³/mol. The lowest BCUT2D eigenvalue weighted by atomic mass is 10.1. The van der Waals surface area contributed by atoms with Gasteiger partial charge in [0, 0.05) is 54.7 Å². The summed E-state index contributed by atoms with van der Waals surface area (Å²) in [4.78, 5) is 7.07. The molecule has 2 aromatic heterocycles. The largest absolute Gasteiger partial charge is 0.369 e. The molecule has 1 atom stereocenters. The topological polar surface area (TPSA) is 43.2 Å². The fraction of sp³-hybridized carbons (Fsp3) is 0.333. The SMILES string of the molecule is Cc1c(CN2CCO[C@H](c3ccc(-c4cccc(Cl)c4)cn3)C2)cnn1C. The van der Waals surface area contributed by atoms with E-state index in [4.69, 9.17) is 16.3 Å². The molecule has 0 aliphatic carbocycles. The van der Waals surface area contributed by atoms with Crippen LogP contribution in [0.2, 0.25) is 5.02 Å². The number of rotatable bonds is 4. The third-order valence-corrected chi connectivity index (χ3v) is 5.39. The van der Waals surface area contributed by atoms with Crippen LogP contribution in [0.25, 0.3) is 11.1 Å². The third-order valence-electron chi connectivity index (χ3n) is 5.16. The van der Waals surface area contributed by atoms with E-state index in [1.165, 1.54) is 11.3 Å². The summed E-state index contributed by atoms with van der Waals surface area (Å²) in [6.45, 7) is 5.46. The van der Waals surface area contributed by atoms with Crippen molar-refractivity contribution in [2.45, 2.75) is 19.6 Å². The maximum absolute atomic E-state index is 6.09. The van der Waals surface area contributed by atoms with Crippen LogP contribution in [0, 0.1) is 6.92 Å². The van der Waals surface area contributed by atoms with Gasteiger partial charge < -0.3 is 4.74 Å². The highest BCUT2D eigenvalue weighted by atomic mass is 35.5. The number of hydrogen-bond donors (Lipinski definition) is 0. The molecule has 6 heteroatoms. The maximum Gasteiger partial charge on any atom is 0.112 e. The summed E-state index contributed by atoms with van der Waals surface area (Å²) < 4.78 is 7.91. The van der Waals surface area contributed by atoms with Crippen LogP contribution in [0.3, 0.4) is 0 Å². The van der Waals surface area contributed by atoms with Gasteiger partial charge in [-0.05, 0) is 30.7 Å². The summed E-state index contributed by atoms with van der Waals surface area (Å²) in [6, 6.07) is 12.0. The van der Waals surface area contributed by atoms with E-state index in [0.717, 1.165) is 41.5 Å². The van der Waals surface area contributed by atoms with E-state index in [-0.39, 0.29) is 6.10 Å². The highest BCUT2D eigenvalue weighted by Gasteiger charge is 2.24. The third kappa shape index (κ3) is 4.05. The van der Waals surface area contributed by atoms with Gasteiger partial charge in [-0.3, -0.25) is 14.6 Å². The van der Waals surface area contributed by atoms with Crippen LogP contribution < -0.4 is 0 Å². The number of benzene rings is 1. The molecule has 1 fully saturated rings. The summed E-state index contributed by atoms with van der Waals surface area (Å²) in [5.41, 5.74) is 5.57. The molecule has 0 saturated carbocycles. The second-order valence-corrected chi connectivity index (χ2v) is 7.39. The molecule has 27 heavy (non-hydrogen) atoms. The first-order chi connectivity index (χ1) is 13.1. The van der Waals surface area contributed by atoms with Crippen LogP contribution in [-0.2, 0) is 18.3 Å². The Morgan fingerprint density at radius 2 is 2.07 bits per heavy atom. The molecule has 1 saturated heterocycles. The van der Waals surface area contributed by atoms with E-state index in [9.17, 15) is 0 Å². The molecular formula is C21H23ClN4O. The van der Waals surface area contributed by atoms with Crippen molar-refractivity contribution in [3.8, 4) is 11.1 Å². The van der Waals surface area contributed by atoms with Crippen LogP contribution in [-0.4, -0.2) is 39.4 Å². The van der Waals surface area contributed by atoms with E-state index in [1.54, 1.807) is 0 Å². The summed E-state index contributed by atoms with van der Waals surface area (Å²) >= 11 is 6.09. The molecule has 0 spiro atoms. The first kappa shape index (κ1) is 18.2. The second kappa shape index (κ2) is 7.80. The first-order valence-corrected chi connectivity index (χ1v) is 9.51. The zero-order chi connectivity index (χ0) is 18.8. The van der Waals surface area contributed by atoms with Gasteiger partial charge in [-0.15, -0.1) is 0 Å². The molecule has 3 heterocycles. The van der Waals surface area contributed by atoms with Gasteiger partial charge in [0.15, 0.2) is 0 Å². The van der Waals surface area contributed by atoms with Crippen LogP contribution in [0.4, 0.5) is 0 Å². The van der Waals surface area contributed by atoms with Gasteiger partial charge in [0.2, 0.25) is 0 Å². The standard InChI is InChI=1S/C21H23ClN4O/c1-15-18(12-24-25(15)2)13-26-8-9-27-21(14-26)20-7-6-17(11-23-20)16-4-3-5-19(22)10-16/h3-7,10-12,21H,8-9,13-14H2,1-2H3/t21-/m0/s1. The molecule has 3 aromatic rings. The second-order valence-electron chi connectivity index (χ2n) is 6.96. The smallest absolute Gasteiger partial charge is 0.112 e. The lowest BCUT2D eigenvalue weighted by Gasteiger charge is -2.32. The number of ether oxygens (including phenoxy) is 1. The number of hydrogen-bond acceptors (Lipinski definition) is 4. The Balaban J connectivity index is 1.46. The molecule has 1 aliphatic rings. The van der Waals surface area contributed by atoms with Gasteiger partial charge in [0.1, 0.15) is 6.10 Å². The summed E-state index contributed by atoms with van der Waals surface area (Å²) in [6.07, 6.45) is 3.84. The van der Waals surface area contributed by atoms with Crippen molar-refractivity contribution >= 4 is 11.6 Å². The normalized spacial score (nSPS) is 18.0. The van der Waals surface area contributed by atoms with E-state index in [0.29, 0.717) is 6.61 Å². The Kier molecular flexibility index (Phi) is 5.25. The maximum atomic E-state index is 6.09. The molecule has 140 valence electrons. The Hall–Kier alpha value is -2.21. The van der Waals surface area contributed by atoms with Crippen molar-refractivity contribution < 1.29 is 4.74 Å². The Morgan fingerprint density at radius 1 is 1.19 bits per heavy atom. The highest BCUT2D eigenvalue weighted by molar-refractivity contribution is 6.30. The van der Waals surface area contributed by atoms with Gasteiger partial charge in [-0.2, -0.15) is 5.10 Å². The summed E-state index contributed by atoms with van der Waals surface area (Å²) in [5.74, 6) is 0. The minimum atomic E-state index is -0.0101. The molecular weight excluding hydrogens is 360 g/mol. The van der Waals surface area contributed by atoms with Crippen molar-refractivity contribution in [2.75, 3.05) is 19.7 Å². The monoisotopic (exact) mass is 382 g/mol. The summed E-state index contributed by atoms with van der Waals surface area (Å²) in [7, 11) is 1.98. The number of aryl methyl sites for hydroxylation is 1. The molecule has 4 rings (SSSR count). The predicted octanol–water partition coefficient (Wildman–Crippen LogP) is 4.02. The van der Waals surface area contributed by atoms with Crippen LogP contribution in [0.1, 0.15) is 23.1 Å². The molecule has 0 amide bonds. The lowest BCUT2D eigenvalue weighted by molar-refractivity contribution is -0.0350. The van der Waals surface area contributed by atoms with Gasteiger partial charge in [-0.1, -0.05) is 29.8 Å². The van der Waals surface area contributed by atoms with E-state index >= 15 is 0 Å². The molecule has 0 bridgehead atoms. The lowest BCUT2D eigenvalue weighted by Crippen LogP contribution is -2.38. The van der Waals surface area contributed by atoms with Crippen LogP contribution in [0.15, 0.2) is 48.8 Å². The Labute approximate surface area is 164 Å². The fourth-order valence-electron chi connectivity index (χ4n) is 3.40. The summed E-state index contributed by atoms with van der Waals surface area (Å²) in [5, 5.41) is 5.07. The van der Waals surface area contributed by atoms with Crippen LogP contribution >= 0.6 is 11.6 Å². The zero-order valence-corrected chi connectivity index (χ0v) is 16.4. The van der Waals surface area contributed by atoms with E-state index in [1.807, 2.05) is 48.4 Å². The fourth-order valence-corrected chi connectivity index (χ4v) is 3.59.